The summed E-state index contributed by atoms with van der Waals surface area (Å²) in [4.78, 5) is 32.9. The van der Waals surface area contributed by atoms with Crippen LogP contribution in [-0.4, -0.2) is 72.3 Å². The molecule has 11 heteroatoms. The summed E-state index contributed by atoms with van der Waals surface area (Å²) in [6, 6.07) is 12.6. The second-order valence-corrected chi connectivity index (χ2v) is 9.16. The molecule has 0 saturated carbocycles. The molecule has 2 N–H and O–H groups in total. The number of hydrogen-bond acceptors (Lipinski definition) is 6. The molecule has 2 amide bonds. The number of aromatic nitrogens is 2. The topological polar surface area (TPSA) is 125 Å². The fourth-order valence-corrected chi connectivity index (χ4v) is 5.07. The molecule has 1 aliphatic rings. The first-order valence-corrected chi connectivity index (χ1v) is 11.5. The van der Waals surface area contributed by atoms with Gasteiger partial charge < -0.3 is 19.9 Å². The van der Waals surface area contributed by atoms with Gasteiger partial charge in [-0.25, -0.2) is 18.2 Å². The Morgan fingerprint density at radius 2 is 1.81 bits per heavy atom. The highest BCUT2D eigenvalue weighted by atomic mass is 32.2. The monoisotopic (exact) mass is 457 g/mol. The third-order valence-corrected chi connectivity index (χ3v) is 7.16. The van der Waals surface area contributed by atoms with Crippen LogP contribution in [0.1, 0.15) is 5.56 Å². The van der Waals surface area contributed by atoms with Gasteiger partial charge in [0.2, 0.25) is 15.9 Å². The third-order valence-electron chi connectivity index (χ3n) is 5.22. The van der Waals surface area contributed by atoms with Gasteiger partial charge in [0.05, 0.1) is 0 Å². The van der Waals surface area contributed by atoms with Crippen molar-refractivity contribution in [2.75, 3.05) is 32.7 Å². The number of nitrogens with zero attached hydrogens (tertiary/aromatic N) is 3. The molecule has 1 aliphatic heterocycles. The normalized spacial score (nSPS) is 14.9. The number of carbonyl (C=O) groups is 2. The van der Waals surface area contributed by atoms with Crippen molar-refractivity contribution in [3.63, 3.8) is 0 Å². The molecule has 1 aromatic carbocycles. The minimum atomic E-state index is -3.72. The first-order chi connectivity index (χ1) is 15.4. The Bertz CT molecular complexity index is 1200. The predicted molar refractivity (Wildman–Crippen MR) is 116 cm³/mol. The average Bonchev–Trinajstić information content (AvgIpc) is 3.27. The molecule has 0 spiro atoms. The van der Waals surface area contributed by atoms with Crippen molar-refractivity contribution >= 4 is 33.1 Å². The summed E-state index contributed by atoms with van der Waals surface area (Å²) < 4.78 is 32.5. The van der Waals surface area contributed by atoms with Crippen molar-refractivity contribution < 1.29 is 22.7 Å². The van der Waals surface area contributed by atoms with Gasteiger partial charge in [-0.2, -0.15) is 4.31 Å². The number of fused-ring (bicyclic) bond motifs is 1. The van der Waals surface area contributed by atoms with Crippen molar-refractivity contribution in [3.05, 3.63) is 60.4 Å². The maximum absolute atomic E-state index is 13.0. The molecule has 0 radical (unpaired) electrons. The smallest absolute Gasteiger partial charge is 0.407 e. The SMILES string of the molecule is O=C(NCC(=O)N1CCN(S(=O)(=O)c2c[nH]c3ncccc23)CC1)OCc1ccccc1. The summed E-state index contributed by atoms with van der Waals surface area (Å²) >= 11 is 0. The van der Waals surface area contributed by atoms with Crippen LogP contribution in [0.2, 0.25) is 0 Å². The van der Waals surface area contributed by atoms with Crippen LogP contribution in [0, 0.1) is 0 Å². The molecule has 1 fully saturated rings. The number of amides is 2. The maximum Gasteiger partial charge on any atom is 0.407 e. The molecular formula is C21H23N5O5S. The zero-order valence-electron chi connectivity index (χ0n) is 17.2. The van der Waals surface area contributed by atoms with Gasteiger partial charge in [0.1, 0.15) is 23.7 Å². The lowest BCUT2D eigenvalue weighted by molar-refractivity contribution is -0.131. The second-order valence-electron chi connectivity index (χ2n) is 7.25. The van der Waals surface area contributed by atoms with E-state index in [9.17, 15) is 18.0 Å². The van der Waals surface area contributed by atoms with Gasteiger partial charge in [0.15, 0.2) is 0 Å². The largest absolute Gasteiger partial charge is 0.445 e. The number of nitrogens with one attached hydrogen (secondary N) is 2. The van der Waals surface area contributed by atoms with Gasteiger partial charge in [-0.1, -0.05) is 30.3 Å². The Morgan fingerprint density at radius 1 is 1.06 bits per heavy atom. The lowest BCUT2D eigenvalue weighted by Gasteiger charge is -2.33. The number of carbonyl (C=O) groups excluding carboxylic acids is 2. The van der Waals surface area contributed by atoms with E-state index in [1.165, 1.54) is 15.4 Å². The van der Waals surface area contributed by atoms with E-state index in [0.717, 1.165) is 5.56 Å². The molecule has 0 aliphatic carbocycles. The van der Waals surface area contributed by atoms with E-state index in [-0.39, 0.29) is 50.1 Å². The van der Waals surface area contributed by atoms with Gasteiger partial charge in [-0.15, -0.1) is 0 Å². The summed E-state index contributed by atoms with van der Waals surface area (Å²) in [6.45, 7) is 0.701. The molecule has 0 unspecified atom stereocenters. The van der Waals surface area contributed by atoms with E-state index in [4.69, 9.17) is 4.74 Å². The molecule has 10 nitrogen and oxygen atoms in total. The van der Waals surface area contributed by atoms with E-state index in [0.29, 0.717) is 11.0 Å². The molecule has 0 bridgehead atoms. The van der Waals surface area contributed by atoms with Gasteiger partial charge in [0.25, 0.3) is 0 Å². The van der Waals surface area contributed by atoms with E-state index >= 15 is 0 Å². The summed E-state index contributed by atoms with van der Waals surface area (Å²) in [5.74, 6) is -0.296. The van der Waals surface area contributed by atoms with Crippen molar-refractivity contribution in [2.45, 2.75) is 11.5 Å². The van der Waals surface area contributed by atoms with Crippen LogP contribution in [0.3, 0.4) is 0 Å². The molecule has 1 saturated heterocycles. The first-order valence-electron chi connectivity index (χ1n) is 10.1. The third kappa shape index (κ3) is 4.73. The standard InChI is InChI=1S/C21H23N5O5S/c27-19(14-24-21(28)31-15-16-5-2-1-3-6-16)25-9-11-26(12-10-25)32(29,30)18-13-23-20-17(18)7-4-8-22-20/h1-8,13H,9-12,14-15H2,(H,22,23)(H,24,28). The molecule has 32 heavy (non-hydrogen) atoms. The van der Waals surface area contributed by atoms with Crippen LogP contribution < -0.4 is 5.32 Å². The van der Waals surface area contributed by atoms with E-state index in [2.05, 4.69) is 15.3 Å². The maximum atomic E-state index is 13.0. The number of piperazine rings is 1. The zero-order valence-corrected chi connectivity index (χ0v) is 18.0. The number of H-pyrrole nitrogens is 1. The highest BCUT2D eigenvalue weighted by Crippen LogP contribution is 2.25. The number of aromatic amines is 1. The zero-order chi connectivity index (χ0) is 22.6. The second kappa shape index (κ2) is 9.37. The quantitative estimate of drug-likeness (QED) is 0.575. The van der Waals surface area contributed by atoms with Gasteiger partial charge in [-0.05, 0) is 17.7 Å². The fraction of sp³-hybridized carbons (Fsp3) is 0.286. The van der Waals surface area contributed by atoms with E-state index in [1.54, 1.807) is 18.3 Å². The Hall–Kier alpha value is -3.44. The number of pyridine rings is 1. The summed E-state index contributed by atoms with van der Waals surface area (Å²) in [5, 5.41) is 2.97. The number of benzene rings is 1. The van der Waals surface area contributed by atoms with Crippen molar-refractivity contribution in [1.82, 2.24) is 24.5 Å². The highest BCUT2D eigenvalue weighted by Gasteiger charge is 2.32. The Labute approximate surface area is 185 Å². The number of sulfonamides is 1. The summed E-state index contributed by atoms with van der Waals surface area (Å²) in [5.41, 5.74) is 1.35. The van der Waals surface area contributed by atoms with Crippen LogP contribution in [0.25, 0.3) is 11.0 Å². The molecule has 0 atom stereocenters. The Morgan fingerprint density at radius 3 is 2.56 bits per heavy atom. The predicted octanol–water partition coefficient (Wildman–Crippen LogP) is 1.32. The highest BCUT2D eigenvalue weighted by molar-refractivity contribution is 7.89. The molecule has 3 heterocycles. The van der Waals surface area contributed by atoms with Crippen LogP contribution in [0.4, 0.5) is 4.79 Å². The fourth-order valence-electron chi connectivity index (χ4n) is 3.49. The van der Waals surface area contributed by atoms with Crippen LogP contribution in [-0.2, 0) is 26.2 Å². The molecule has 2 aromatic heterocycles. The van der Waals surface area contributed by atoms with Crippen molar-refractivity contribution in [2.24, 2.45) is 0 Å². The van der Waals surface area contributed by atoms with Crippen molar-refractivity contribution in [1.29, 1.82) is 0 Å². The summed E-state index contributed by atoms with van der Waals surface area (Å²) in [6.07, 6.45) is 2.34. The average molecular weight is 458 g/mol. The molecule has 3 aromatic rings. The van der Waals surface area contributed by atoms with Gasteiger partial charge in [-0.3, -0.25) is 4.79 Å². The van der Waals surface area contributed by atoms with Gasteiger partial charge >= 0.3 is 6.09 Å². The van der Waals surface area contributed by atoms with E-state index in [1.807, 2.05) is 30.3 Å². The molecule has 4 rings (SSSR count). The summed E-state index contributed by atoms with van der Waals surface area (Å²) in [7, 11) is -3.72. The van der Waals surface area contributed by atoms with Crippen molar-refractivity contribution in [3.8, 4) is 0 Å². The number of hydrogen-bond donors (Lipinski definition) is 2. The van der Waals surface area contributed by atoms with E-state index < -0.39 is 16.1 Å². The van der Waals surface area contributed by atoms with Crippen LogP contribution in [0.5, 0.6) is 0 Å². The number of ether oxygens (including phenoxy) is 1. The lowest BCUT2D eigenvalue weighted by Crippen LogP contribution is -2.52. The molecule has 168 valence electrons. The number of rotatable bonds is 6. The minimum Gasteiger partial charge on any atom is -0.445 e. The minimum absolute atomic E-state index is 0.112. The molecular weight excluding hydrogens is 434 g/mol. The first kappa shape index (κ1) is 21.8. The lowest BCUT2D eigenvalue weighted by atomic mass is 10.2. The Kier molecular flexibility index (Phi) is 6.37. The van der Waals surface area contributed by atoms with Crippen LogP contribution >= 0.6 is 0 Å². The number of alkyl carbamates (subject to hydrolysis) is 1. The Balaban J connectivity index is 1.27. The van der Waals surface area contributed by atoms with Crippen LogP contribution in [0.15, 0.2) is 59.8 Å². The van der Waals surface area contributed by atoms with Gasteiger partial charge in [0, 0.05) is 44.0 Å².